The van der Waals surface area contributed by atoms with Crippen molar-refractivity contribution in [2.24, 2.45) is 5.92 Å². The quantitative estimate of drug-likeness (QED) is 0.796. The molecule has 1 amide bonds. The molecule has 0 aliphatic carbocycles. The van der Waals surface area contributed by atoms with E-state index in [0.717, 1.165) is 57.4 Å². The lowest BCUT2D eigenvalue weighted by Gasteiger charge is -2.31. The maximum absolute atomic E-state index is 12.4. The molecule has 2 atom stereocenters. The van der Waals surface area contributed by atoms with E-state index in [9.17, 15) is 4.79 Å². The van der Waals surface area contributed by atoms with E-state index in [1.165, 1.54) is 0 Å². The maximum atomic E-state index is 12.4. The summed E-state index contributed by atoms with van der Waals surface area (Å²) in [5.74, 6) is 1.70. The highest BCUT2D eigenvalue weighted by Gasteiger charge is 2.27. The Balaban J connectivity index is 1.83. The first-order valence-corrected chi connectivity index (χ1v) is 8.96. The van der Waals surface area contributed by atoms with Gasteiger partial charge in [0.05, 0.1) is 12.5 Å². The van der Waals surface area contributed by atoms with E-state index in [0.29, 0.717) is 12.4 Å². The summed E-state index contributed by atoms with van der Waals surface area (Å²) in [7, 11) is 0. The van der Waals surface area contributed by atoms with Crippen LogP contribution in [-0.2, 0) is 17.8 Å². The van der Waals surface area contributed by atoms with Crippen LogP contribution in [0.1, 0.15) is 64.6 Å². The molecule has 2 rings (SSSR count). The number of likely N-dealkylation sites (tertiary alicyclic amines) is 1. The summed E-state index contributed by atoms with van der Waals surface area (Å²) in [6, 6.07) is 0.260. The van der Waals surface area contributed by atoms with Gasteiger partial charge in [-0.15, -0.1) is 0 Å². The molecular formula is C17H30N4O2. The summed E-state index contributed by atoms with van der Waals surface area (Å²) in [5.41, 5.74) is 0. The van der Waals surface area contributed by atoms with Gasteiger partial charge in [0.2, 0.25) is 11.8 Å². The van der Waals surface area contributed by atoms with Crippen molar-refractivity contribution in [3.05, 3.63) is 11.7 Å². The lowest BCUT2D eigenvalue weighted by Crippen LogP contribution is -2.45. The highest BCUT2D eigenvalue weighted by molar-refractivity contribution is 5.79. The van der Waals surface area contributed by atoms with E-state index < -0.39 is 0 Å². The van der Waals surface area contributed by atoms with Gasteiger partial charge in [0.25, 0.3) is 0 Å². The largest absolute Gasteiger partial charge is 0.353 e. The van der Waals surface area contributed by atoms with Gasteiger partial charge in [-0.3, -0.25) is 9.69 Å². The Morgan fingerprint density at radius 3 is 3.00 bits per heavy atom. The SMILES string of the molecule is CCCc1noc(CN2CCC[C@@H](C(=O)N[C@@H](C)CCC)C2)n1. The molecule has 1 fully saturated rings. The number of piperidine rings is 1. The van der Waals surface area contributed by atoms with Crippen molar-refractivity contribution in [1.82, 2.24) is 20.4 Å². The Bertz CT molecular complexity index is 489. The summed E-state index contributed by atoms with van der Waals surface area (Å²) in [6.07, 6.45) is 5.99. The second-order valence-corrected chi connectivity index (χ2v) is 6.63. The summed E-state index contributed by atoms with van der Waals surface area (Å²) >= 11 is 0. The fraction of sp³-hybridized carbons (Fsp3) is 0.824. The predicted octanol–water partition coefficient (Wildman–Crippen LogP) is 2.54. The summed E-state index contributed by atoms with van der Waals surface area (Å²) in [5, 5.41) is 7.13. The van der Waals surface area contributed by atoms with Crippen molar-refractivity contribution in [1.29, 1.82) is 0 Å². The first kappa shape index (κ1) is 17.9. The van der Waals surface area contributed by atoms with E-state index in [1.807, 2.05) is 0 Å². The number of carbonyl (C=O) groups is 1. The monoisotopic (exact) mass is 322 g/mol. The predicted molar refractivity (Wildman–Crippen MR) is 88.8 cm³/mol. The van der Waals surface area contributed by atoms with Crippen LogP contribution in [0.2, 0.25) is 0 Å². The molecule has 0 bridgehead atoms. The zero-order valence-electron chi connectivity index (χ0n) is 14.7. The topological polar surface area (TPSA) is 71.3 Å². The van der Waals surface area contributed by atoms with E-state index >= 15 is 0 Å². The van der Waals surface area contributed by atoms with Crippen LogP contribution in [0.4, 0.5) is 0 Å². The summed E-state index contributed by atoms with van der Waals surface area (Å²) in [6.45, 7) is 8.72. The number of carbonyl (C=O) groups excluding carboxylic acids is 1. The van der Waals surface area contributed by atoms with E-state index in [2.05, 4.69) is 41.1 Å². The first-order chi connectivity index (χ1) is 11.1. The smallest absolute Gasteiger partial charge is 0.240 e. The van der Waals surface area contributed by atoms with Gasteiger partial charge in [0.1, 0.15) is 0 Å². The van der Waals surface area contributed by atoms with Crippen LogP contribution >= 0.6 is 0 Å². The Kier molecular flexibility index (Phi) is 7.02. The van der Waals surface area contributed by atoms with Crippen LogP contribution in [0.3, 0.4) is 0 Å². The summed E-state index contributed by atoms with van der Waals surface area (Å²) in [4.78, 5) is 19.0. The third kappa shape index (κ3) is 5.61. The van der Waals surface area contributed by atoms with Crippen LogP contribution in [0, 0.1) is 5.92 Å². The molecular weight excluding hydrogens is 292 g/mol. The van der Waals surface area contributed by atoms with Crippen molar-refractivity contribution in [3.63, 3.8) is 0 Å². The molecule has 0 spiro atoms. The fourth-order valence-electron chi connectivity index (χ4n) is 3.15. The van der Waals surface area contributed by atoms with Crippen LogP contribution in [0.5, 0.6) is 0 Å². The van der Waals surface area contributed by atoms with Crippen LogP contribution < -0.4 is 5.32 Å². The molecule has 0 unspecified atom stereocenters. The van der Waals surface area contributed by atoms with Crippen molar-refractivity contribution in [3.8, 4) is 0 Å². The molecule has 1 aromatic heterocycles. The van der Waals surface area contributed by atoms with E-state index in [1.54, 1.807) is 0 Å². The van der Waals surface area contributed by atoms with Gasteiger partial charge >= 0.3 is 0 Å². The molecule has 0 radical (unpaired) electrons. The lowest BCUT2D eigenvalue weighted by molar-refractivity contribution is -0.127. The minimum absolute atomic E-state index is 0.0705. The highest BCUT2D eigenvalue weighted by atomic mass is 16.5. The van der Waals surface area contributed by atoms with Gasteiger partial charge in [0.15, 0.2) is 5.82 Å². The highest BCUT2D eigenvalue weighted by Crippen LogP contribution is 2.19. The van der Waals surface area contributed by atoms with Crippen LogP contribution in [0.15, 0.2) is 4.52 Å². The van der Waals surface area contributed by atoms with E-state index in [-0.39, 0.29) is 17.9 Å². The third-order valence-corrected chi connectivity index (χ3v) is 4.33. The number of hydrogen-bond acceptors (Lipinski definition) is 5. The molecule has 6 heteroatoms. The number of amides is 1. The molecule has 1 aliphatic rings. The molecule has 1 N–H and O–H groups in total. The van der Waals surface area contributed by atoms with Gasteiger partial charge in [0, 0.05) is 19.0 Å². The Morgan fingerprint density at radius 2 is 2.26 bits per heavy atom. The number of aromatic nitrogens is 2. The minimum atomic E-state index is 0.0705. The fourth-order valence-corrected chi connectivity index (χ4v) is 3.15. The minimum Gasteiger partial charge on any atom is -0.353 e. The average Bonchev–Trinajstić information content (AvgIpc) is 2.95. The standard InChI is InChI=1S/C17H30N4O2/c1-4-7-13(3)18-17(22)14-9-6-10-21(11-14)12-16-19-15(8-5-2)20-23-16/h13-14H,4-12H2,1-3H3,(H,18,22)/t13-,14+/m0/s1. The van der Waals surface area contributed by atoms with Gasteiger partial charge < -0.3 is 9.84 Å². The Labute approximate surface area is 139 Å². The second-order valence-electron chi connectivity index (χ2n) is 6.63. The third-order valence-electron chi connectivity index (χ3n) is 4.33. The first-order valence-electron chi connectivity index (χ1n) is 8.96. The number of hydrogen-bond donors (Lipinski definition) is 1. The lowest BCUT2D eigenvalue weighted by atomic mass is 9.96. The molecule has 6 nitrogen and oxygen atoms in total. The maximum Gasteiger partial charge on any atom is 0.240 e. The van der Waals surface area contributed by atoms with E-state index in [4.69, 9.17) is 4.52 Å². The van der Waals surface area contributed by atoms with Crippen LogP contribution in [0.25, 0.3) is 0 Å². The van der Waals surface area contributed by atoms with Gasteiger partial charge in [-0.25, -0.2) is 0 Å². The number of nitrogens with zero attached hydrogens (tertiary/aromatic N) is 3. The number of aryl methyl sites for hydroxylation is 1. The molecule has 1 aromatic rings. The molecule has 130 valence electrons. The molecule has 0 saturated carbocycles. The normalized spacial score (nSPS) is 20.4. The molecule has 23 heavy (non-hydrogen) atoms. The number of nitrogens with one attached hydrogen (secondary N) is 1. The molecule has 2 heterocycles. The summed E-state index contributed by atoms with van der Waals surface area (Å²) < 4.78 is 5.31. The average molecular weight is 322 g/mol. The van der Waals surface area contributed by atoms with Crippen molar-refractivity contribution in [2.45, 2.75) is 71.9 Å². The molecule has 1 saturated heterocycles. The second kappa shape index (κ2) is 9.01. The Morgan fingerprint density at radius 1 is 1.43 bits per heavy atom. The van der Waals surface area contributed by atoms with Gasteiger partial charge in [-0.1, -0.05) is 25.4 Å². The van der Waals surface area contributed by atoms with Gasteiger partial charge in [-0.05, 0) is 39.2 Å². The number of rotatable bonds is 8. The van der Waals surface area contributed by atoms with Crippen LogP contribution in [-0.4, -0.2) is 40.1 Å². The molecule has 0 aromatic carbocycles. The van der Waals surface area contributed by atoms with Crippen molar-refractivity contribution < 1.29 is 9.32 Å². The van der Waals surface area contributed by atoms with Crippen molar-refractivity contribution in [2.75, 3.05) is 13.1 Å². The zero-order chi connectivity index (χ0) is 16.7. The zero-order valence-corrected chi connectivity index (χ0v) is 14.7. The molecule has 1 aliphatic heterocycles. The van der Waals surface area contributed by atoms with Gasteiger partial charge in [-0.2, -0.15) is 4.98 Å². The van der Waals surface area contributed by atoms with Crippen molar-refractivity contribution >= 4 is 5.91 Å². The Hall–Kier alpha value is -1.43.